The van der Waals surface area contributed by atoms with Crippen LogP contribution in [0.5, 0.6) is 0 Å². The van der Waals surface area contributed by atoms with Gasteiger partial charge in [0.2, 0.25) is 0 Å². The number of aromatic nitrogens is 3. The molecule has 1 saturated heterocycles. The van der Waals surface area contributed by atoms with E-state index in [1.54, 1.807) is 11.8 Å². The molecule has 7 heteroatoms. The van der Waals surface area contributed by atoms with Gasteiger partial charge in [0.1, 0.15) is 17.2 Å². The molecule has 0 saturated carbocycles. The second-order valence-corrected chi connectivity index (χ2v) is 10.5. The normalized spacial score (nSPS) is 31.4. The summed E-state index contributed by atoms with van der Waals surface area (Å²) >= 11 is 1.55. The molecule has 2 aromatic heterocycles. The van der Waals surface area contributed by atoms with Crippen molar-refractivity contribution in [1.82, 2.24) is 15.0 Å². The van der Waals surface area contributed by atoms with Gasteiger partial charge in [-0.15, -0.1) is 0 Å². The van der Waals surface area contributed by atoms with E-state index in [0.29, 0.717) is 13.0 Å². The monoisotopic (exact) mass is 426 g/mol. The van der Waals surface area contributed by atoms with E-state index in [4.69, 9.17) is 14.7 Å². The van der Waals surface area contributed by atoms with Gasteiger partial charge in [-0.25, -0.2) is 15.0 Å². The Hall–Kier alpha value is -1.70. The van der Waals surface area contributed by atoms with Crippen molar-refractivity contribution < 1.29 is 9.84 Å². The van der Waals surface area contributed by atoms with Gasteiger partial charge in [-0.05, 0) is 57.4 Å². The summed E-state index contributed by atoms with van der Waals surface area (Å²) in [7, 11) is 0. The largest absolute Gasteiger partial charge is 0.384 e. The summed E-state index contributed by atoms with van der Waals surface area (Å²) in [4.78, 5) is 16.8. The molecule has 30 heavy (non-hydrogen) atoms. The molecule has 0 bridgehead atoms. The fourth-order valence-corrected chi connectivity index (χ4v) is 5.64. The fourth-order valence-electron chi connectivity index (χ4n) is 5.30. The first-order chi connectivity index (χ1) is 14.2. The van der Waals surface area contributed by atoms with Crippen LogP contribution >= 0.6 is 11.8 Å². The van der Waals surface area contributed by atoms with E-state index in [-0.39, 0.29) is 17.1 Å². The van der Waals surface area contributed by atoms with Crippen LogP contribution in [0.2, 0.25) is 0 Å². The van der Waals surface area contributed by atoms with Gasteiger partial charge in [-0.2, -0.15) is 0 Å². The highest BCUT2D eigenvalue weighted by molar-refractivity contribution is 7.98. The highest BCUT2D eigenvalue weighted by Crippen LogP contribution is 2.53. The van der Waals surface area contributed by atoms with Gasteiger partial charge in [-0.3, -0.25) is 0 Å². The minimum atomic E-state index is -0.831. The van der Waals surface area contributed by atoms with Crippen LogP contribution in [-0.2, 0) is 22.2 Å². The van der Waals surface area contributed by atoms with Crippen molar-refractivity contribution in [2.45, 2.75) is 81.2 Å². The lowest BCUT2D eigenvalue weighted by Gasteiger charge is -2.46. The number of pyridine rings is 1. The molecule has 1 N–H and O–H groups in total. The Kier molecular flexibility index (Phi) is 4.48. The van der Waals surface area contributed by atoms with Gasteiger partial charge >= 0.3 is 0 Å². The van der Waals surface area contributed by atoms with E-state index in [0.717, 1.165) is 52.9 Å². The number of fused-ring (bicyclic) bond motifs is 4. The molecule has 3 aliphatic rings. The second kappa shape index (κ2) is 6.65. The summed E-state index contributed by atoms with van der Waals surface area (Å²) in [5.74, 6) is 1.79. The second-order valence-electron chi connectivity index (χ2n) is 9.71. The molecule has 3 atom stereocenters. The van der Waals surface area contributed by atoms with Gasteiger partial charge in [0.25, 0.3) is 0 Å². The third kappa shape index (κ3) is 2.82. The molecule has 1 aliphatic carbocycles. The lowest BCUT2D eigenvalue weighted by atomic mass is 9.73. The summed E-state index contributed by atoms with van der Waals surface area (Å²) in [5.41, 5.74) is 1.86. The lowest BCUT2D eigenvalue weighted by molar-refractivity contribution is -0.0893. The predicted molar refractivity (Wildman–Crippen MR) is 118 cm³/mol. The van der Waals surface area contributed by atoms with Gasteiger partial charge in [-0.1, -0.05) is 31.7 Å². The van der Waals surface area contributed by atoms with Crippen molar-refractivity contribution in [3.63, 3.8) is 0 Å². The maximum absolute atomic E-state index is 11.1. The molecule has 2 aliphatic heterocycles. The lowest BCUT2D eigenvalue weighted by Crippen LogP contribution is -2.54. The topological polar surface area (TPSA) is 71.4 Å². The molecule has 0 spiro atoms. The zero-order chi connectivity index (χ0) is 21.3. The molecule has 5 rings (SSSR count). The van der Waals surface area contributed by atoms with Crippen molar-refractivity contribution in [1.29, 1.82) is 0 Å². The molecule has 0 amide bonds. The van der Waals surface area contributed by atoms with Crippen molar-refractivity contribution in [2.75, 3.05) is 17.8 Å². The summed E-state index contributed by atoms with van der Waals surface area (Å²) in [6, 6.07) is 4.41. The Morgan fingerprint density at radius 3 is 2.80 bits per heavy atom. The molecule has 0 aromatic carbocycles. The van der Waals surface area contributed by atoms with Crippen LogP contribution in [0.3, 0.4) is 0 Å². The van der Waals surface area contributed by atoms with E-state index < -0.39 is 5.60 Å². The highest BCUT2D eigenvalue weighted by Gasteiger charge is 2.55. The molecular weight excluding hydrogens is 396 g/mol. The molecule has 0 radical (unpaired) electrons. The smallest absolute Gasteiger partial charge is 0.189 e. The molecule has 1 fully saturated rings. The maximum Gasteiger partial charge on any atom is 0.189 e. The number of anilines is 2. The van der Waals surface area contributed by atoms with Gasteiger partial charge in [0.05, 0.1) is 23.9 Å². The number of hydrogen-bond donors (Lipinski definition) is 1. The average Bonchev–Trinajstić information content (AvgIpc) is 3.19. The van der Waals surface area contributed by atoms with Gasteiger partial charge in [0, 0.05) is 17.2 Å². The minimum Gasteiger partial charge on any atom is -0.384 e. The molecule has 1 unspecified atom stereocenters. The van der Waals surface area contributed by atoms with Crippen LogP contribution in [0, 0.1) is 0 Å². The van der Waals surface area contributed by atoms with Gasteiger partial charge < -0.3 is 14.7 Å². The van der Waals surface area contributed by atoms with Crippen LogP contribution in [0.1, 0.15) is 63.8 Å². The first kappa shape index (κ1) is 20.2. The number of rotatable bonds is 3. The molecule has 4 heterocycles. The van der Waals surface area contributed by atoms with E-state index in [2.05, 4.69) is 42.8 Å². The Morgan fingerprint density at radius 2 is 2.07 bits per heavy atom. The third-order valence-corrected chi connectivity index (χ3v) is 7.87. The number of hydrogen-bond acceptors (Lipinski definition) is 7. The molecule has 160 valence electrons. The Labute approximate surface area is 182 Å². The van der Waals surface area contributed by atoms with E-state index in [1.165, 1.54) is 0 Å². The Balaban J connectivity index is 1.68. The number of ether oxygens (including phenoxy) is 1. The molecular formula is C23H30N4O2S. The maximum atomic E-state index is 11.1. The standard InChI is InChI=1S/C23H30N4O2S/c1-6-23(28)10-9-14-7-8-17(25-18(14)23)27-16-11-21(2,3)29-13-22(16,4)15-12-24-20(30-5)26-19(15)27/h7-8,12,16,28H,6,9-11,13H2,1-5H3/t16-,22-,23?/m1/s1. The van der Waals surface area contributed by atoms with E-state index >= 15 is 0 Å². The Morgan fingerprint density at radius 1 is 1.27 bits per heavy atom. The number of aryl methyl sites for hydroxylation is 1. The Bertz CT molecular complexity index is 1010. The van der Waals surface area contributed by atoms with Crippen LogP contribution in [0.4, 0.5) is 11.6 Å². The van der Waals surface area contributed by atoms with Crippen molar-refractivity contribution >= 4 is 23.4 Å². The highest BCUT2D eigenvalue weighted by atomic mass is 32.2. The SMILES string of the molecule is CCC1(O)CCc2ccc(N3c4nc(SC)ncc4[C@@]4(C)COC(C)(C)C[C@@H]34)nc21. The van der Waals surface area contributed by atoms with Crippen molar-refractivity contribution in [3.05, 3.63) is 35.2 Å². The van der Waals surface area contributed by atoms with Crippen LogP contribution < -0.4 is 4.90 Å². The zero-order valence-corrected chi connectivity index (χ0v) is 19.2. The fraction of sp³-hybridized carbons (Fsp3) is 0.609. The molecule has 2 aromatic rings. The predicted octanol–water partition coefficient (Wildman–Crippen LogP) is 4.11. The quantitative estimate of drug-likeness (QED) is 0.585. The first-order valence-corrected chi connectivity index (χ1v) is 12.0. The summed E-state index contributed by atoms with van der Waals surface area (Å²) in [6.07, 6.45) is 7.13. The summed E-state index contributed by atoms with van der Waals surface area (Å²) in [5, 5.41) is 11.9. The number of nitrogens with zero attached hydrogens (tertiary/aromatic N) is 4. The van der Waals surface area contributed by atoms with Crippen molar-refractivity contribution in [2.24, 2.45) is 0 Å². The first-order valence-electron chi connectivity index (χ1n) is 10.8. The van der Waals surface area contributed by atoms with E-state index in [1.807, 2.05) is 19.4 Å². The van der Waals surface area contributed by atoms with Crippen LogP contribution in [0.25, 0.3) is 0 Å². The molecule has 6 nitrogen and oxygen atoms in total. The zero-order valence-electron chi connectivity index (χ0n) is 18.4. The third-order valence-electron chi connectivity index (χ3n) is 7.31. The van der Waals surface area contributed by atoms with E-state index in [9.17, 15) is 5.11 Å². The summed E-state index contributed by atoms with van der Waals surface area (Å²) in [6.45, 7) is 9.21. The van der Waals surface area contributed by atoms with Crippen LogP contribution in [0.15, 0.2) is 23.5 Å². The minimum absolute atomic E-state index is 0.171. The number of thioether (sulfide) groups is 1. The summed E-state index contributed by atoms with van der Waals surface area (Å²) < 4.78 is 6.26. The van der Waals surface area contributed by atoms with Gasteiger partial charge in [0.15, 0.2) is 5.16 Å². The van der Waals surface area contributed by atoms with Crippen LogP contribution in [-0.4, -0.2) is 44.6 Å². The van der Waals surface area contributed by atoms with Crippen molar-refractivity contribution in [3.8, 4) is 0 Å². The average molecular weight is 427 g/mol. The number of aliphatic hydroxyl groups is 1.